The molecule has 112 valence electrons. The van der Waals surface area contributed by atoms with Crippen LogP contribution in [0.3, 0.4) is 0 Å². The molecule has 1 aromatic carbocycles. The largest absolute Gasteiger partial charge is 0.388 e. The molecule has 0 aliphatic heterocycles. The first-order chi connectivity index (χ1) is 9.69. The van der Waals surface area contributed by atoms with Crippen LogP contribution in [0, 0.1) is 6.92 Å². The maximum atomic E-state index is 12.0. The highest BCUT2D eigenvalue weighted by Crippen LogP contribution is 2.15. The number of aryl methyl sites for hydroxylation is 1. The SMILES string of the molecule is CCCCOCCCNC(=O)c1ccc(NC)c(C)c1. The Balaban J connectivity index is 2.27. The molecular formula is C16H26N2O2. The van der Waals surface area contributed by atoms with Gasteiger partial charge in [-0.25, -0.2) is 0 Å². The van der Waals surface area contributed by atoms with E-state index in [1.54, 1.807) is 0 Å². The maximum absolute atomic E-state index is 12.0. The first-order valence-electron chi connectivity index (χ1n) is 7.33. The zero-order valence-electron chi connectivity index (χ0n) is 12.8. The molecule has 0 aliphatic rings. The second-order valence-electron chi connectivity index (χ2n) is 4.86. The third-order valence-corrected chi connectivity index (χ3v) is 3.15. The van der Waals surface area contributed by atoms with Gasteiger partial charge in [0, 0.05) is 38.1 Å². The standard InChI is InChI=1S/C16H26N2O2/c1-4-5-10-20-11-6-9-18-16(19)14-7-8-15(17-3)13(2)12-14/h7-8,12,17H,4-6,9-11H2,1-3H3,(H,18,19). The summed E-state index contributed by atoms with van der Waals surface area (Å²) in [6.07, 6.45) is 3.10. The van der Waals surface area contributed by atoms with E-state index in [9.17, 15) is 4.79 Å². The lowest BCUT2D eigenvalue weighted by Gasteiger charge is -2.09. The van der Waals surface area contributed by atoms with Crippen LogP contribution in [0.15, 0.2) is 18.2 Å². The smallest absolute Gasteiger partial charge is 0.251 e. The van der Waals surface area contributed by atoms with Crippen LogP contribution in [0.25, 0.3) is 0 Å². The Kier molecular flexibility index (Phi) is 7.73. The van der Waals surface area contributed by atoms with Gasteiger partial charge in [-0.05, 0) is 43.5 Å². The van der Waals surface area contributed by atoms with E-state index in [2.05, 4.69) is 17.6 Å². The molecule has 0 heterocycles. The second-order valence-corrected chi connectivity index (χ2v) is 4.86. The lowest BCUT2D eigenvalue weighted by Crippen LogP contribution is -2.25. The van der Waals surface area contributed by atoms with Crippen molar-refractivity contribution in [2.45, 2.75) is 33.1 Å². The zero-order valence-corrected chi connectivity index (χ0v) is 12.8. The molecule has 0 saturated heterocycles. The van der Waals surface area contributed by atoms with Crippen LogP contribution in [-0.2, 0) is 4.74 Å². The molecule has 0 atom stereocenters. The van der Waals surface area contributed by atoms with Crippen molar-refractivity contribution in [2.24, 2.45) is 0 Å². The zero-order chi connectivity index (χ0) is 14.8. The fourth-order valence-electron chi connectivity index (χ4n) is 1.91. The molecule has 1 amide bonds. The number of carbonyl (C=O) groups is 1. The number of carbonyl (C=O) groups excluding carboxylic acids is 1. The fraction of sp³-hybridized carbons (Fsp3) is 0.562. The topological polar surface area (TPSA) is 50.4 Å². The maximum Gasteiger partial charge on any atom is 0.251 e. The molecule has 0 bridgehead atoms. The van der Waals surface area contributed by atoms with Gasteiger partial charge in [-0.3, -0.25) is 4.79 Å². The first-order valence-corrected chi connectivity index (χ1v) is 7.33. The molecule has 0 aliphatic carbocycles. The number of hydrogen-bond donors (Lipinski definition) is 2. The van der Waals surface area contributed by atoms with Crippen LogP contribution in [0.5, 0.6) is 0 Å². The van der Waals surface area contributed by atoms with Gasteiger partial charge in [0.05, 0.1) is 0 Å². The molecule has 0 unspecified atom stereocenters. The average Bonchev–Trinajstić information content (AvgIpc) is 2.46. The summed E-state index contributed by atoms with van der Waals surface area (Å²) in [6.45, 7) is 6.31. The third kappa shape index (κ3) is 5.61. The summed E-state index contributed by atoms with van der Waals surface area (Å²) >= 11 is 0. The molecule has 4 heteroatoms. The number of unbranched alkanes of at least 4 members (excludes halogenated alkanes) is 1. The highest BCUT2D eigenvalue weighted by Gasteiger charge is 2.06. The highest BCUT2D eigenvalue weighted by atomic mass is 16.5. The summed E-state index contributed by atoms with van der Waals surface area (Å²) in [5.41, 5.74) is 2.82. The first kappa shape index (κ1) is 16.5. The normalized spacial score (nSPS) is 10.3. The Labute approximate surface area is 121 Å². The lowest BCUT2D eigenvalue weighted by atomic mass is 10.1. The van der Waals surface area contributed by atoms with E-state index >= 15 is 0 Å². The summed E-state index contributed by atoms with van der Waals surface area (Å²) in [5, 5.41) is 6.00. The number of amides is 1. The van der Waals surface area contributed by atoms with Crippen molar-refractivity contribution in [1.82, 2.24) is 5.32 Å². The van der Waals surface area contributed by atoms with E-state index < -0.39 is 0 Å². The van der Waals surface area contributed by atoms with Gasteiger partial charge in [-0.1, -0.05) is 13.3 Å². The van der Waals surface area contributed by atoms with E-state index in [1.807, 2.05) is 32.2 Å². The molecule has 0 spiro atoms. The van der Waals surface area contributed by atoms with E-state index in [1.165, 1.54) is 0 Å². The van der Waals surface area contributed by atoms with E-state index in [-0.39, 0.29) is 5.91 Å². The number of ether oxygens (including phenoxy) is 1. The Hall–Kier alpha value is -1.55. The van der Waals surface area contributed by atoms with Crippen LogP contribution >= 0.6 is 0 Å². The quantitative estimate of drug-likeness (QED) is 0.683. The lowest BCUT2D eigenvalue weighted by molar-refractivity contribution is 0.0940. The third-order valence-electron chi connectivity index (χ3n) is 3.15. The van der Waals surface area contributed by atoms with Crippen LogP contribution < -0.4 is 10.6 Å². The Morgan fingerprint density at radius 1 is 1.25 bits per heavy atom. The minimum atomic E-state index is -0.0238. The van der Waals surface area contributed by atoms with Crippen molar-refractivity contribution in [3.63, 3.8) is 0 Å². The summed E-state index contributed by atoms with van der Waals surface area (Å²) in [7, 11) is 1.88. The predicted molar refractivity (Wildman–Crippen MR) is 83.4 cm³/mol. The van der Waals surface area contributed by atoms with Gasteiger partial charge in [0.1, 0.15) is 0 Å². The minimum absolute atomic E-state index is 0.0238. The molecule has 0 saturated carbocycles. The molecular weight excluding hydrogens is 252 g/mol. The molecule has 2 N–H and O–H groups in total. The van der Waals surface area contributed by atoms with Crippen molar-refractivity contribution in [3.05, 3.63) is 29.3 Å². The monoisotopic (exact) mass is 278 g/mol. The van der Waals surface area contributed by atoms with Crippen molar-refractivity contribution in [2.75, 3.05) is 32.1 Å². The van der Waals surface area contributed by atoms with Crippen LogP contribution in [0.1, 0.15) is 42.1 Å². The van der Waals surface area contributed by atoms with Crippen molar-refractivity contribution < 1.29 is 9.53 Å². The average molecular weight is 278 g/mol. The summed E-state index contributed by atoms with van der Waals surface area (Å²) in [5.74, 6) is -0.0238. The van der Waals surface area contributed by atoms with Crippen LogP contribution in [0.2, 0.25) is 0 Å². The van der Waals surface area contributed by atoms with Gasteiger partial charge >= 0.3 is 0 Å². The predicted octanol–water partition coefficient (Wildman–Crippen LogP) is 2.97. The molecule has 1 aromatic rings. The van der Waals surface area contributed by atoms with E-state index in [0.29, 0.717) is 18.7 Å². The van der Waals surface area contributed by atoms with Gasteiger partial charge in [0.2, 0.25) is 0 Å². The summed E-state index contributed by atoms with van der Waals surface area (Å²) in [6, 6.07) is 5.67. The van der Waals surface area contributed by atoms with Gasteiger partial charge < -0.3 is 15.4 Å². The number of benzene rings is 1. The second kappa shape index (κ2) is 9.37. The van der Waals surface area contributed by atoms with E-state index in [0.717, 1.165) is 37.1 Å². The number of nitrogens with one attached hydrogen (secondary N) is 2. The summed E-state index contributed by atoms with van der Waals surface area (Å²) < 4.78 is 5.45. The molecule has 4 nitrogen and oxygen atoms in total. The van der Waals surface area contributed by atoms with E-state index in [4.69, 9.17) is 4.74 Å². The van der Waals surface area contributed by atoms with Crippen molar-refractivity contribution in [1.29, 1.82) is 0 Å². The van der Waals surface area contributed by atoms with Gasteiger partial charge in [-0.15, -0.1) is 0 Å². The Morgan fingerprint density at radius 3 is 2.65 bits per heavy atom. The van der Waals surface area contributed by atoms with Crippen LogP contribution in [0.4, 0.5) is 5.69 Å². The highest BCUT2D eigenvalue weighted by molar-refractivity contribution is 5.94. The van der Waals surface area contributed by atoms with Crippen LogP contribution in [-0.4, -0.2) is 32.7 Å². The molecule has 20 heavy (non-hydrogen) atoms. The van der Waals surface area contributed by atoms with Gasteiger partial charge in [-0.2, -0.15) is 0 Å². The fourth-order valence-corrected chi connectivity index (χ4v) is 1.91. The Morgan fingerprint density at radius 2 is 2.00 bits per heavy atom. The van der Waals surface area contributed by atoms with Gasteiger partial charge in [0.25, 0.3) is 5.91 Å². The Bertz CT molecular complexity index is 419. The van der Waals surface area contributed by atoms with Crippen molar-refractivity contribution >= 4 is 11.6 Å². The molecule has 0 aromatic heterocycles. The van der Waals surface area contributed by atoms with Gasteiger partial charge in [0.15, 0.2) is 0 Å². The van der Waals surface area contributed by atoms with Crippen molar-refractivity contribution in [3.8, 4) is 0 Å². The molecule has 0 radical (unpaired) electrons. The molecule has 0 fully saturated rings. The minimum Gasteiger partial charge on any atom is -0.388 e. The number of hydrogen-bond acceptors (Lipinski definition) is 3. The number of rotatable bonds is 9. The number of anilines is 1. The molecule has 1 rings (SSSR count). The summed E-state index contributed by atoms with van der Waals surface area (Å²) in [4.78, 5) is 12.0.